The molecule has 5 aromatic carbocycles. The Hall–Kier alpha value is -3.84. The van der Waals surface area contributed by atoms with Gasteiger partial charge in [-0.15, -0.1) is 0 Å². The first-order valence-corrected chi connectivity index (χ1v) is 11.3. The van der Waals surface area contributed by atoms with Gasteiger partial charge >= 0.3 is 0 Å². The number of hydrogen-bond donors (Lipinski definition) is 0. The Labute approximate surface area is 187 Å². The molecule has 0 saturated heterocycles. The van der Waals surface area contributed by atoms with Gasteiger partial charge in [-0.25, -0.2) is 0 Å². The van der Waals surface area contributed by atoms with Crippen LogP contribution in [-0.4, -0.2) is 4.57 Å². The fourth-order valence-electron chi connectivity index (χ4n) is 6.04. The van der Waals surface area contributed by atoms with E-state index in [-0.39, 0.29) is 5.41 Å². The topological polar surface area (TPSA) is 4.93 Å². The maximum absolute atomic E-state index is 2.49. The molecule has 0 atom stereocenters. The molecule has 7 rings (SSSR count). The minimum atomic E-state index is -0.0882. The minimum Gasteiger partial charge on any atom is -0.309 e. The Balaban J connectivity index is 1.84. The highest BCUT2D eigenvalue weighted by Gasteiger charge is 2.39. The summed E-state index contributed by atoms with van der Waals surface area (Å²) < 4.78 is 2.49. The van der Waals surface area contributed by atoms with Crippen LogP contribution in [-0.2, 0) is 5.41 Å². The van der Waals surface area contributed by atoms with Gasteiger partial charge in [0.25, 0.3) is 0 Å². The molecule has 0 fully saturated rings. The van der Waals surface area contributed by atoms with Crippen molar-refractivity contribution >= 4 is 32.6 Å². The Kier molecular flexibility index (Phi) is 3.40. The monoisotopic (exact) mass is 409 g/mol. The van der Waals surface area contributed by atoms with Crippen LogP contribution < -0.4 is 0 Å². The lowest BCUT2D eigenvalue weighted by atomic mass is 9.80. The first-order chi connectivity index (χ1) is 15.7. The SMILES string of the molecule is CC1(C)c2ccccc2-c2c1c1c(c3ccccc23)c2ccccc2n1-c1ccccc1. The van der Waals surface area contributed by atoms with Gasteiger partial charge in [0.1, 0.15) is 0 Å². The lowest BCUT2D eigenvalue weighted by Crippen LogP contribution is -2.16. The van der Waals surface area contributed by atoms with E-state index in [1.165, 1.54) is 60.5 Å². The molecule has 0 radical (unpaired) electrons. The summed E-state index contributed by atoms with van der Waals surface area (Å²) in [6, 6.07) is 37.6. The van der Waals surface area contributed by atoms with Gasteiger partial charge in [-0.2, -0.15) is 0 Å². The van der Waals surface area contributed by atoms with Gasteiger partial charge in [-0.3, -0.25) is 0 Å². The summed E-state index contributed by atoms with van der Waals surface area (Å²) in [6.07, 6.45) is 0. The molecule has 0 aliphatic heterocycles. The van der Waals surface area contributed by atoms with Crippen LogP contribution in [0.25, 0.3) is 49.4 Å². The van der Waals surface area contributed by atoms with Crippen molar-refractivity contribution in [2.75, 3.05) is 0 Å². The maximum atomic E-state index is 2.49. The maximum Gasteiger partial charge on any atom is 0.0594 e. The van der Waals surface area contributed by atoms with Crippen molar-refractivity contribution in [3.8, 4) is 16.8 Å². The lowest BCUT2D eigenvalue weighted by molar-refractivity contribution is 0.664. The molecule has 0 saturated carbocycles. The number of aromatic nitrogens is 1. The van der Waals surface area contributed by atoms with Crippen LogP contribution in [0.4, 0.5) is 0 Å². The van der Waals surface area contributed by atoms with Crippen molar-refractivity contribution in [1.29, 1.82) is 0 Å². The Morgan fingerprint density at radius 3 is 2.03 bits per heavy atom. The number of fused-ring (bicyclic) bond motifs is 10. The number of hydrogen-bond acceptors (Lipinski definition) is 0. The van der Waals surface area contributed by atoms with Gasteiger partial charge in [0.2, 0.25) is 0 Å². The molecule has 152 valence electrons. The van der Waals surface area contributed by atoms with Crippen molar-refractivity contribution < 1.29 is 0 Å². The van der Waals surface area contributed by atoms with Crippen LogP contribution in [0.2, 0.25) is 0 Å². The van der Waals surface area contributed by atoms with Gasteiger partial charge < -0.3 is 4.57 Å². The molecule has 1 aliphatic carbocycles. The fraction of sp³-hybridized carbons (Fsp3) is 0.0968. The fourth-order valence-corrected chi connectivity index (χ4v) is 6.04. The molecule has 0 amide bonds. The second-order valence-electron chi connectivity index (χ2n) is 9.38. The summed E-state index contributed by atoms with van der Waals surface area (Å²) in [5.74, 6) is 0. The van der Waals surface area contributed by atoms with E-state index < -0.39 is 0 Å². The van der Waals surface area contributed by atoms with E-state index in [1.807, 2.05) is 0 Å². The molecular weight excluding hydrogens is 386 g/mol. The third-order valence-corrected chi connectivity index (χ3v) is 7.34. The van der Waals surface area contributed by atoms with E-state index in [9.17, 15) is 0 Å². The summed E-state index contributed by atoms with van der Waals surface area (Å²) in [6.45, 7) is 4.78. The lowest BCUT2D eigenvalue weighted by Gasteiger charge is -2.24. The molecule has 32 heavy (non-hydrogen) atoms. The van der Waals surface area contributed by atoms with Crippen molar-refractivity contribution in [1.82, 2.24) is 4.57 Å². The van der Waals surface area contributed by atoms with E-state index in [2.05, 4.69) is 122 Å². The summed E-state index contributed by atoms with van der Waals surface area (Å²) in [5.41, 5.74) is 9.35. The molecular formula is C31H23N. The van der Waals surface area contributed by atoms with Crippen molar-refractivity contribution in [2.45, 2.75) is 19.3 Å². The van der Waals surface area contributed by atoms with E-state index in [0.29, 0.717) is 0 Å². The summed E-state index contributed by atoms with van der Waals surface area (Å²) in [7, 11) is 0. The molecule has 0 bridgehead atoms. The van der Waals surface area contributed by atoms with Gasteiger partial charge in [0.15, 0.2) is 0 Å². The second-order valence-corrected chi connectivity index (χ2v) is 9.38. The van der Waals surface area contributed by atoms with Crippen LogP contribution in [0.5, 0.6) is 0 Å². The molecule has 1 nitrogen and oxygen atoms in total. The predicted molar refractivity (Wildman–Crippen MR) is 136 cm³/mol. The summed E-state index contributed by atoms with van der Waals surface area (Å²) in [4.78, 5) is 0. The van der Waals surface area contributed by atoms with Crippen LogP contribution in [0, 0.1) is 0 Å². The Morgan fingerprint density at radius 2 is 1.22 bits per heavy atom. The van der Waals surface area contributed by atoms with Crippen LogP contribution >= 0.6 is 0 Å². The Bertz CT molecular complexity index is 1680. The number of rotatable bonds is 1. The third-order valence-electron chi connectivity index (χ3n) is 7.34. The molecule has 0 unspecified atom stereocenters. The van der Waals surface area contributed by atoms with Crippen LogP contribution in [0.1, 0.15) is 25.0 Å². The number of benzene rings is 5. The van der Waals surface area contributed by atoms with E-state index in [0.717, 1.165) is 0 Å². The van der Waals surface area contributed by atoms with Gasteiger partial charge in [0, 0.05) is 21.9 Å². The summed E-state index contributed by atoms with van der Waals surface area (Å²) >= 11 is 0. The second kappa shape index (κ2) is 6.11. The Morgan fingerprint density at radius 1 is 0.594 bits per heavy atom. The smallest absolute Gasteiger partial charge is 0.0594 e. The normalized spacial score (nSPS) is 14.2. The van der Waals surface area contributed by atoms with Crippen molar-refractivity contribution in [2.24, 2.45) is 0 Å². The zero-order valence-corrected chi connectivity index (χ0v) is 18.3. The molecule has 1 aliphatic rings. The van der Waals surface area contributed by atoms with E-state index in [1.54, 1.807) is 0 Å². The molecule has 6 aromatic rings. The van der Waals surface area contributed by atoms with Crippen molar-refractivity contribution in [3.63, 3.8) is 0 Å². The molecule has 1 heteroatoms. The van der Waals surface area contributed by atoms with Gasteiger partial charge in [-0.05, 0) is 51.2 Å². The minimum absolute atomic E-state index is 0.0882. The quantitative estimate of drug-likeness (QED) is 0.258. The zero-order chi connectivity index (χ0) is 21.4. The van der Waals surface area contributed by atoms with Gasteiger partial charge in [-0.1, -0.05) is 98.8 Å². The highest BCUT2D eigenvalue weighted by molar-refractivity contribution is 6.26. The van der Waals surface area contributed by atoms with Crippen LogP contribution in [0.15, 0.2) is 103 Å². The molecule has 1 heterocycles. The number of para-hydroxylation sites is 2. The van der Waals surface area contributed by atoms with Gasteiger partial charge in [0.05, 0.1) is 11.0 Å². The third kappa shape index (κ3) is 2.08. The van der Waals surface area contributed by atoms with Crippen molar-refractivity contribution in [3.05, 3.63) is 114 Å². The highest BCUT2D eigenvalue weighted by atomic mass is 15.0. The zero-order valence-electron chi connectivity index (χ0n) is 18.3. The molecule has 0 spiro atoms. The average Bonchev–Trinajstić information content (AvgIpc) is 3.30. The van der Waals surface area contributed by atoms with E-state index in [4.69, 9.17) is 0 Å². The average molecular weight is 410 g/mol. The van der Waals surface area contributed by atoms with E-state index >= 15 is 0 Å². The first-order valence-electron chi connectivity index (χ1n) is 11.3. The first kappa shape index (κ1) is 17.8. The summed E-state index contributed by atoms with van der Waals surface area (Å²) in [5, 5.41) is 5.36. The predicted octanol–water partition coefficient (Wildman–Crippen LogP) is 8.24. The number of nitrogens with zero attached hydrogens (tertiary/aromatic N) is 1. The van der Waals surface area contributed by atoms with Crippen LogP contribution in [0.3, 0.4) is 0 Å². The molecule has 1 aromatic heterocycles. The molecule has 0 N–H and O–H groups in total. The standard InChI is InChI=1S/C31H23N/c1-31(2)25-18-10-8-16-23(25)27-21-14-6-7-15-22(21)28-24-17-9-11-19-26(24)32(30(28)29(27)31)20-12-4-3-5-13-20/h3-19H,1-2H3. The highest BCUT2D eigenvalue weighted by Crippen LogP contribution is 2.56. The largest absolute Gasteiger partial charge is 0.309 e.